The highest BCUT2D eigenvalue weighted by Gasteiger charge is 2.05. The van der Waals surface area contributed by atoms with Crippen LogP contribution in [0.5, 0.6) is 5.75 Å². The first-order valence-electron chi connectivity index (χ1n) is 6.83. The van der Waals surface area contributed by atoms with E-state index in [1.54, 1.807) is 0 Å². The highest BCUT2D eigenvalue weighted by Crippen LogP contribution is 2.26. The van der Waals surface area contributed by atoms with E-state index in [4.69, 9.17) is 10.5 Å². The molecule has 1 atom stereocenters. The second-order valence-electron chi connectivity index (χ2n) is 4.73. The molecule has 102 valence electrons. The van der Waals surface area contributed by atoms with E-state index in [1.807, 2.05) is 25.1 Å². The van der Waals surface area contributed by atoms with Crippen LogP contribution in [0.3, 0.4) is 0 Å². The van der Waals surface area contributed by atoms with Crippen LogP contribution in [0.15, 0.2) is 22.7 Å². The van der Waals surface area contributed by atoms with Crippen LogP contribution in [0.4, 0.5) is 0 Å². The van der Waals surface area contributed by atoms with Gasteiger partial charge in [-0.05, 0) is 31.0 Å². The summed E-state index contributed by atoms with van der Waals surface area (Å²) >= 11 is 3.53. The molecule has 0 fully saturated rings. The van der Waals surface area contributed by atoms with E-state index in [0.717, 1.165) is 28.8 Å². The molecule has 18 heavy (non-hydrogen) atoms. The number of benzene rings is 1. The summed E-state index contributed by atoms with van der Waals surface area (Å²) in [6, 6.07) is 6.07. The second-order valence-corrected chi connectivity index (χ2v) is 5.59. The molecule has 0 radical (unpaired) electrons. The standard InChI is InChI=1S/C15H24BrNO/c1-3-4-5-6-7-10-18-13-8-9-14(12(2)17)15(16)11-13/h8-9,11-12H,3-7,10,17H2,1-2H3/t12-/m0/s1. The quantitative estimate of drug-likeness (QED) is 0.698. The Bertz CT molecular complexity index is 352. The lowest BCUT2D eigenvalue weighted by atomic mass is 10.1. The minimum atomic E-state index is 0.0440. The summed E-state index contributed by atoms with van der Waals surface area (Å²) in [5, 5.41) is 0. The van der Waals surface area contributed by atoms with E-state index < -0.39 is 0 Å². The van der Waals surface area contributed by atoms with Crippen molar-refractivity contribution in [2.45, 2.75) is 52.0 Å². The molecular formula is C15H24BrNO. The molecular weight excluding hydrogens is 290 g/mol. The van der Waals surface area contributed by atoms with Crippen LogP contribution in [-0.2, 0) is 0 Å². The van der Waals surface area contributed by atoms with Crippen LogP contribution >= 0.6 is 15.9 Å². The molecule has 1 aromatic rings. The van der Waals surface area contributed by atoms with Crippen molar-refractivity contribution >= 4 is 15.9 Å². The molecule has 1 rings (SSSR count). The Labute approximate surface area is 119 Å². The van der Waals surface area contributed by atoms with Gasteiger partial charge in [-0.2, -0.15) is 0 Å². The molecule has 0 saturated heterocycles. The molecule has 0 aliphatic heterocycles. The van der Waals surface area contributed by atoms with Gasteiger partial charge in [-0.15, -0.1) is 0 Å². The van der Waals surface area contributed by atoms with Crippen LogP contribution in [0.1, 0.15) is 57.6 Å². The molecule has 0 unspecified atom stereocenters. The van der Waals surface area contributed by atoms with Gasteiger partial charge in [0.25, 0.3) is 0 Å². The summed E-state index contributed by atoms with van der Waals surface area (Å²) in [7, 11) is 0. The van der Waals surface area contributed by atoms with Crippen molar-refractivity contribution in [1.29, 1.82) is 0 Å². The highest BCUT2D eigenvalue weighted by molar-refractivity contribution is 9.10. The van der Waals surface area contributed by atoms with Crippen LogP contribution < -0.4 is 10.5 Å². The molecule has 0 bridgehead atoms. The first-order valence-corrected chi connectivity index (χ1v) is 7.62. The van der Waals surface area contributed by atoms with E-state index in [0.29, 0.717) is 0 Å². The third-order valence-electron chi connectivity index (χ3n) is 2.98. The number of nitrogens with two attached hydrogens (primary N) is 1. The molecule has 2 nitrogen and oxygen atoms in total. The van der Waals surface area contributed by atoms with Crippen molar-refractivity contribution in [2.24, 2.45) is 5.73 Å². The lowest BCUT2D eigenvalue weighted by Crippen LogP contribution is -2.06. The number of unbranched alkanes of at least 4 members (excludes halogenated alkanes) is 4. The Morgan fingerprint density at radius 1 is 1.22 bits per heavy atom. The fraction of sp³-hybridized carbons (Fsp3) is 0.600. The summed E-state index contributed by atoms with van der Waals surface area (Å²) < 4.78 is 6.76. The second kappa shape index (κ2) is 8.54. The molecule has 0 aromatic heterocycles. The number of rotatable bonds is 8. The Hall–Kier alpha value is -0.540. The zero-order valence-corrected chi connectivity index (χ0v) is 13.0. The van der Waals surface area contributed by atoms with E-state index in [9.17, 15) is 0 Å². The number of hydrogen-bond donors (Lipinski definition) is 1. The van der Waals surface area contributed by atoms with Gasteiger partial charge in [0.15, 0.2) is 0 Å². The largest absolute Gasteiger partial charge is 0.494 e. The Morgan fingerprint density at radius 3 is 2.56 bits per heavy atom. The monoisotopic (exact) mass is 313 g/mol. The normalized spacial score (nSPS) is 12.4. The molecule has 0 aliphatic carbocycles. The lowest BCUT2D eigenvalue weighted by Gasteiger charge is -2.11. The molecule has 3 heteroatoms. The third-order valence-corrected chi connectivity index (χ3v) is 3.67. The van der Waals surface area contributed by atoms with Gasteiger partial charge in [0.05, 0.1) is 6.61 Å². The van der Waals surface area contributed by atoms with Gasteiger partial charge in [-0.3, -0.25) is 0 Å². The van der Waals surface area contributed by atoms with Gasteiger partial charge in [-0.1, -0.05) is 54.6 Å². The Morgan fingerprint density at radius 2 is 1.94 bits per heavy atom. The maximum atomic E-state index is 5.86. The topological polar surface area (TPSA) is 35.2 Å². The molecule has 0 saturated carbocycles. The fourth-order valence-electron chi connectivity index (χ4n) is 1.86. The van der Waals surface area contributed by atoms with Crippen LogP contribution in [-0.4, -0.2) is 6.61 Å². The van der Waals surface area contributed by atoms with Gasteiger partial charge in [-0.25, -0.2) is 0 Å². The van der Waals surface area contributed by atoms with Crippen molar-refractivity contribution in [3.8, 4) is 5.75 Å². The van der Waals surface area contributed by atoms with Crippen LogP contribution in [0, 0.1) is 0 Å². The molecule has 1 aromatic carbocycles. The first kappa shape index (κ1) is 15.5. The average Bonchev–Trinajstić information content (AvgIpc) is 2.33. The van der Waals surface area contributed by atoms with Crippen LogP contribution in [0.2, 0.25) is 0 Å². The van der Waals surface area contributed by atoms with Gasteiger partial charge < -0.3 is 10.5 Å². The fourth-order valence-corrected chi connectivity index (χ4v) is 2.58. The van der Waals surface area contributed by atoms with Crippen molar-refractivity contribution < 1.29 is 4.74 Å². The van der Waals surface area contributed by atoms with Gasteiger partial charge in [0, 0.05) is 10.5 Å². The molecule has 2 N–H and O–H groups in total. The zero-order valence-electron chi connectivity index (χ0n) is 11.4. The van der Waals surface area contributed by atoms with Crippen molar-refractivity contribution in [3.63, 3.8) is 0 Å². The summed E-state index contributed by atoms with van der Waals surface area (Å²) in [6.07, 6.45) is 6.31. The van der Waals surface area contributed by atoms with Crippen molar-refractivity contribution in [2.75, 3.05) is 6.61 Å². The maximum Gasteiger partial charge on any atom is 0.120 e. The van der Waals surface area contributed by atoms with Crippen molar-refractivity contribution in [3.05, 3.63) is 28.2 Å². The van der Waals surface area contributed by atoms with Gasteiger partial charge >= 0.3 is 0 Å². The predicted molar refractivity (Wildman–Crippen MR) is 81.0 cm³/mol. The maximum absolute atomic E-state index is 5.86. The van der Waals surface area contributed by atoms with E-state index in [1.165, 1.54) is 25.7 Å². The number of ether oxygens (including phenoxy) is 1. The minimum Gasteiger partial charge on any atom is -0.494 e. The lowest BCUT2D eigenvalue weighted by molar-refractivity contribution is 0.304. The molecule has 0 aliphatic rings. The van der Waals surface area contributed by atoms with Crippen molar-refractivity contribution in [1.82, 2.24) is 0 Å². The van der Waals surface area contributed by atoms with Gasteiger partial charge in [0.1, 0.15) is 5.75 Å². The summed E-state index contributed by atoms with van der Waals surface area (Å²) in [6.45, 7) is 5.01. The first-order chi connectivity index (χ1) is 8.65. The summed E-state index contributed by atoms with van der Waals surface area (Å²) in [4.78, 5) is 0. The number of halogens is 1. The third kappa shape index (κ3) is 5.40. The van der Waals surface area contributed by atoms with E-state index >= 15 is 0 Å². The summed E-state index contributed by atoms with van der Waals surface area (Å²) in [5.41, 5.74) is 6.98. The molecule has 0 spiro atoms. The zero-order chi connectivity index (χ0) is 13.4. The molecule has 0 heterocycles. The Balaban J connectivity index is 2.33. The van der Waals surface area contributed by atoms with E-state index in [-0.39, 0.29) is 6.04 Å². The SMILES string of the molecule is CCCCCCCOc1ccc([C@H](C)N)c(Br)c1. The Kier molecular flexibility index (Phi) is 7.36. The highest BCUT2D eigenvalue weighted by atomic mass is 79.9. The number of hydrogen-bond acceptors (Lipinski definition) is 2. The minimum absolute atomic E-state index is 0.0440. The van der Waals surface area contributed by atoms with Crippen LogP contribution in [0.25, 0.3) is 0 Å². The summed E-state index contributed by atoms with van der Waals surface area (Å²) in [5.74, 6) is 0.918. The van der Waals surface area contributed by atoms with Gasteiger partial charge in [0.2, 0.25) is 0 Å². The average molecular weight is 314 g/mol. The molecule has 0 amide bonds. The smallest absolute Gasteiger partial charge is 0.120 e. The predicted octanol–water partition coefficient (Wildman–Crippen LogP) is 4.82. The van der Waals surface area contributed by atoms with E-state index in [2.05, 4.69) is 22.9 Å².